The largest absolute Gasteiger partial charge is 0.460 e. The van der Waals surface area contributed by atoms with Crippen LogP contribution in [0.25, 0.3) is 33.2 Å². The third-order valence-electron chi connectivity index (χ3n) is 9.13. The SMILES string of the molecule is Nc1ccc([C@H]2C[C@@H]2C(=O)CCc2cc3cc(-c4ccc(C(=S)N5CCC(F)(F)CC5)cc4)cc(-c4ccc(F)cc4)c3o2)cn1. The number of carbonyl (C=O) groups excluding carboxylic acids is 1. The molecular weight excluding hydrogens is 607 g/mol. The molecule has 2 N–H and O–H groups in total. The van der Waals surface area contributed by atoms with Crippen LogP contribution in [0.5, 0.6) is 0 Å². The minimum absolute atomic E-state index is 0.0112. The standard InChI is InChI=1S/C37H32F3N3O2S/c38-28-8-5-23(6-9-28)31-19-26(22-1-3-24(4-2-22)36(46)43-15-13-37(39,40)14-16-43)17-27-18-29(45-35(27)31)10-11-33(44)32-20-30(32)25-7-12-34(41)42-21-25/h1-9,12,17-19,21,30,32H,10-11,13-16,20H2,(H2,41,42)/t30-,32+/m1/s1. The summed E-state index contributed by atoms with van der Waals surface area (Å²) in [5.74, 6) is -1.40. The van der Waals surface area contributed by atoms with Gasteiger partial charge in [-0.2, -0.15) is 0 Å². The van der Waals surface area contributed by atoms with Crippen molar-refractivity contribution in [2.45, 2.75) is 43.9 Å². The number of hydrogen-bond donors (Lipinski definition) is 1. The van der Waals surface area contributed by atoms with Gasteiger partial charge in [-0.3, -0.25) is 4.79 Å². The fourth-order valence-electron chi connectivity index (χ4n) is 6.35. The Balaban J connectivity index is 1.12. The van der Waals surface area contributed by atoms with E-state index in [9.17, 15) is 18.0 Å². The summed E-state index contributed by atoms with van der Waals surface area (Å²) < 4.78 is 47.5. The van der Waals surface area contributed by atoms with E-state index in [0.29, 0.717) is 35.0 Å². The molecule has 1 saturated carbocycles. The molecule has 1 aliphatic carbocycles. The molecule has 7 rings (SSSR count). The molecule has 0 unspecified atom stereocenters. The highest BCUT2D eigenvalue weighted by Crippen LogP contribution is 2.48. The zero-order valence-corrected chi connectivity index (χ0v) is 25.8. The third-order valence-corrected chi connectivity index (χ3v) is 9.62. The minimum atomic E-state index is -2.63. The van der Waals surface area contributed by atoms with E-state index in [4.69, 9.17) is 22.4 Å². The van der Waals surface area contributed by atoms with E-state index in [0.717, 1.165) is 45.2 Å². The zero-order valence-electron chi connectivity index (χ0n) is 25.0. The summed E-state index contributed by atoms with van der Waals surface area (Å²) >= 11 is 5.64. The molecule has 46 heavy (non-hydrogen) atoms. The Morgan fingerprint density at radius 1 is 0.957 bits per heavy atom. The lowest BCUT2D eigenvalue weighted by Gasteiger charge is -2.33. The van der Waals surface area contributed by atoms with Gasteiger partial charge in [-0.25, -0.2) is 18.2 Å². The molecule has 9 heteroatoms. The van der Waals surface area contributed by atoms with Gasteiger partial charge in [0.25, 0.3) is 5.92 Å². The fourth-order valence-corrected chi connectivity index (χ4v) is 6.67. The van der Waals surface area contributed by atoms with Crippen LogP contribution in [-0.2, 0) is 11.2 Å². The summed E-state index contributed by atoms with van der Waals surface area (Å²) in [5, 5.41) is 0.880. The monoisotopic (exact) mass is 639 g/mol. The van der Waals surface area contributed by atoms with Crippen LogP contribution in [0.2, 0.25) is 0 Å². The van der Waals surface area contributed by atoms with Gasteiger partial charge in [-0.1, -0.05) is 54.7 Å². The zero-order chi connectivity index (χ0) is 32.0. The lowest BCUT2D eigenvalue weighted by Crippen LogP contribution is -2.42. The van der Waals surface area contributed by atoms with E-state index in [1.54, 1.807) is 24.4 Å². The van der Waals surface area contributed by atoms with Crippen molar-refractivity contribution in [1.29, 1.82) is 0 Å². The predicted molar refractivity (Wildman–Crippen MR) is 177 cm³/mol. The number of thiocarbonyl (C=S) groups is 1. The van der Waals surface area contributed by atoms with Gasteiger partial charge in [0.2, 0.25) is 0 Å². The molecule has 2 aromatic heterocycles. The molecule has 1 aliphatic heterocycles. The second kappa shape index (κ2) is 12.0. The number of benzene rings is 3. The number of pyridine rings is 1. The molecule has 5 aromatic rings. The predicted octanol–water partition coefficient (Wildman–Crippen LogP) is 8.60. The van der Waals surface area contributed by atoms with Gasteiger partial charge in [0.05, 0.1) is 0 Å². The maximum absolute atomic E-state index is 13.8. The highest BCUT2D eigenvalue weighted by atomic mass is 32.1. The summed E-state index contributed by atoms with van der Waals surface area (Å²) in [5.41, 5.74) is 11.7. The van der Waals surface area contributed by atoms with Crippen LogP contribution in [0.3, 0.4) is 0 Å². The summed E-state index contributed by atoms with van der Waals surface area (Å²) in [6.07, 6.45) is 3.03. The normalized spacial score (nSPS) is 18.9. The maximum Gasteiger partial charge on any atom is 0.251 e. The van der Waals surface area contributed by atoms with Crippen molar-refractivity contribution in [3.63, 3.8) is 0 Å². The van der Waals surface area contributed by atoms with E-state index < -0.39 is 5.92 Å². The molecule has 234 valence electrons. The van der Waals surface area contributed by atoms with E-state index in [2.05, 4.69) is 4.98 Å². The number of nitrogen functional groups attached to an aromatic ring is 1. The van der Waals surface area contributed by atoms with E-state index >= 15 is 0 Å². The number of fused-ring (bicyclic) bond motifs is 1. The number of aryl methyl sites for hydroxylation is 1. The van der Waals surface area contributed by atoms with Crippen molar-refractivity contribution in [1.82, 2.24) is 9.88 Å². The van der Waals surface area contributed by atoms with Crippen molar-refractivity contribution in [3.05, 3.63) is 108 Å². The third kappa shape index (κ3) is 6.29. The van der Waals surface area contributed by atoms with E-state index in [-0.39, 0.29) is 49.4 Å². The number of carbonyl (C=O) groups is 1. The fraction of sp³-hybridized carbons (Fsp3) is 0.270. The van der Waals surface area contributed by atoms with Gasteiger partial charge in [0.1, 0.15) is 33.8 Å². The average molecular weight is 640 g/mol. The number of Topliss-reactive ketones (excluding diaryl/α,β-unsaturated/α-hetero) is 1. The lowest BCUT2D eigenvalue weighted by molar-refractivity contribution is -0.120. The molecule has 0 bridgehead atoms. The van der Waals surface area contributed by atoms with Crippen LogP contribution < -0.4 is 5.73 Å². The molecule has 0 amide bonds. The molecular formula is C37H32F3N3O2S. The van der Waals surface area contributed by atoms with Crippen molar-refractivity contribution >= 4 is 39.8 Å². The average Bonchev–Trinajstić information content (AvgIpc) is 3.75. The minimum Gasteiger partial charge on any atom is -0.460 e. The van der Waals surface area contributed by atoms with Gasteiger partial charge < -0.3 is 15.1 Å². The Morgan fingerprint density at radius 2 is 1.67 bits per heavy atom. The van der Waals surface area contributed by atoms with Gasteiger partial charge in [0, 0.05) is 67.4 Å². The number of nitrogens with zero attached hydrogens (tertiary/aromatic N) is 2. The van der Waals surface area contributed by atoms with Crippen molar-refractivity contribution in [2.24, 2.45) is 5.92 Å². The molecule has 0 radical (unpaired) electrons. The number of likely N-dealkylation sites (tertiary alicyclic amines) is 1. The smallest absolute Gasteiger partial charge is 0.251 e. The van der Waals surface area contributed by atoms with Gasteiger partial charge in [-0.05, 0) is 71.0 Å². The van der Waals surface area contributed by atoms with Crippen LogP contribution in [0.15, 0.2) is 89.5 Å². The van der Waals surface area contributed by atoms with Crippen LogP contribution >= 0.6 is 12.2 Å². The molecule has 3 aromatic carbocycles. The summed E-state index contributed by atoms with van der Waals surface area (Å²) in [7, 11) is 0. The number of anilines is 1. The van der Waals surface area contributed by atoms with Crippen LogP contribution in [0, 0.1) is 11.7 Å². The van der Waals surface area contributed by atoms with E-state index in [1.165, 1.54) is 12.1 Å². The number of furan rings is 1. The van der Waals surface area contributed by atoms with Crippen LogP contribution in [0.4, 0.5) is 19.0 Å². The molecule has 2 aliphatic rings. The lowest BCUT2D eigenvalue weighted by atomic mass is 9.96. The molecule has 5 nitrogen and oxygen atoms in total. The Hall–Kier alpha value is -4.50. The Kier molecular flexibility index (Phi) is 7.88. The molecule has 2 atom stereocenters. The Morgan fingerprint density at radius 3 is 2.37 bits per heavy atom. The Labute approximate surface area is 270 Å². The number of aromatic nitrogens is 1. The number of piperidine rings is 1. The number of hydrogen-bond acceptors (Lipinski definition) is 5. The highest BCUT2D eigenvalue weighted by molar-refractivity contribution is 7.80. The van der Waals surface area contributed by atoms with Gasteiger partial charge in [0.15, 0.2) is 0 Å². The molecule has 1 saturated heterocycles. The van der Waals surface area contributed by atoms with Crippen molar-refractivity contribution in [3.8, 4) is 22.3 Å². The van der Waals surface area contributed by atoms with Gasteiger partial charge >= 0.3 is 0 Å². The summed E-state index contributed by atoms with van der Waals surface area (Å²) in [6, 6.07) is 23.8. The first kappa shape index (κ1) is 30.2. The highest BCUT2D eigenvalue weighted by Gasteiger charge is 2.43. The van der Waals surface area contributed by atoms with Crippen molar-refractivity contribution < 1.29 is 22.4 Å². The molecule has 0 spiro atoms. The second-order valence-electron chi connectivity index (χ2n) is 12.3. The van der Waals surface area contributed by atoms with Crippen LogP contribution in [0.1, 0.15) is 48.5 Å². The topological polar surface area (TPSA) is 72.4 Å². The summed E-state index contributed by atoms with van der Waals surface area (Å²) in [6.45, 7) is 0.474. The summed E-state index contributed by atoms with van der Waals surface area (Å²) in [4.78, 5) is 19.6. The van der Waals surface area contributed by atoms with Crippen molar-refractivity contribution in [2.75, 3.05) is 18.8 Å². The van der Waals surface area contributed by atoms with Crippen LogP contribution in [-0.4, -0.2) is 39.7 Å². The van der Waals surface area contributed by atoms with Gasteiger partial charge in [-0.15, -0.1) is 0 Å². The Bertz CT molecular complexity index is 1910. The number of rotatable bonds is 8. The number of nitrogens with two attached hydrogens (primary N) is 1. The number of alkyl halides is 2. The number of ketones is 1. The molecule has 2 fully saturated rings. The van der Waals surface area contributed by atoms with E-state index in [1.807, 2.05) is 53.4 Å². The first-order chi connectivity index (χ1) is 22.1. The number of halogens is 3. The first-order valence-corrected chi connectivity index (χ1v) is 15.9. The maximum atomic E-state index is 13.8. The quantitative estimate of drug-likeness (QED) is 0.172. The first-order valence-electron chi connectivity index (χ1n) is 15.5. The second-order valence-corrected chi connectivity index (χ2v) is 12.7. The molecule has 3 heterocycles.